The highest BCUT2D eigenvalue weighted by atomic mass is 35.5. The lowest BCUT2D eigenvalue weighted by molar-refractivity contribution is 0.102. The van der Waals surface area contributed by atoms with Crippen molar-refractivity contribution < 1.29 is 14.3 Å². The van der Waals surface area contributed by atoms with Crippen LogP contribution >= 0.6 is 11.6 Å². The molecule has 0 aliphatic carbocycles. The van der Waals surface area contributed by atoms with Crippen LogP contribution in [0.25, 0.3) is 22.3 Å². The van der Waals surface area contributed by atoms with Gasteiger partial charge in [0.15, 0.2) is 5.65 Å². The Morgan fingerprint density at radius 3 is 2.44 bits per heavy atom. The monoisotopic (exact) mass is 450 g/mol. The average molecular weight is 451 g/mol. The normalized spacial score (nSPS) is 11.1. The summed E-state index contributed by atoms with van der Waals surface area (Å²) >= 11 is 6.20. The van der Waals surface area contributed by atoms with Gasteiger partial charge in [0.2, 0.25) is 0 Å². The lowest BCUT2D eigenvalue weighted by Gasteiger charge is -2.14. The minimum absolute atomic E-state index is 0.0857. The molecule has 1 N–H and O–H groups in total. The number of amides is 1. The maximum atomic E-state index is 13.4. The molecule has 164 valence electrons. The van der Waals surface area contributed by atoms with Crippen molar-refractivity contribution in [2.75, 3.05) is 19.5 Å². The summed E-state index contributed by atoms with van der Waals surface area (Å²) in [5, 5.41) is 8.44. The molecule has 0 saturated carbocycles. The van der Waals surface area contributed by atoms with Gasteiger partial charge in [-0.25, -0.2) is 9.67 Å². The van der Waals surface area contributed by atoms with E-state index < -0.39 is 0 Å². The highest BCUT2D eigenvalue weighted by Crippen LogP contribution is 2.36. The molecule has 1 amide bonds. The number of halogens is 1. The molecule has 0 unspecified atom stereocenters. The van der Waals surface area contributed by atoms with E-state index in [9.17, 15) is 4.79 Å². The number of ether oxygens (including phenoxy) is 2. The maximum absolute atomic E-state index is 13.4. The predicted molar refractivity (Wildman–Crippen MR) is 126 cm³/mol. The Hall–Kier alpha value is -3.58. The van der Waals surface area contributed by atoms with E-state index in [4.69, 9.17) is 26.1 Å². The predicted octanol–water partition coefficient (Wildman–Crippen LogP) is 5.60. The van der Waals surface area contributed by atoms with Gasteiger partial charge in [0.05, 0.1) is 47.8 Å². The summed E-state index contributed by atoms with van der Waals surface area (Å²) in [6.07, 6.45) is 1.67. The smallest absolute Gasteiger partial charge is 0.256 e. The van der Waals surface area contributed by atoms with Crippen molar-refractivity contribution in [3.8, 4) is 22.8 Å². The van der Waals surface area contributed by atoms with Crippen LogP contribution in [0.1, 0.15) is 30.2 Å². The molecule has 0 fully saturated rings. The zero-order valence-corrected chi connectivity index (χ0v) is 19.0. The fraction of sp³-hybridized carbons (Fsp3) is 0.208. The minimum atomic E-state index is -0.319. The van der Waals surface area contributed by atoms with Crippen LogP contribution < -0.4 is 14.8 Å². The first kappa shape index (κ1) is 21.6. The molecule has 4 aromatic rings. The van der Waals surface area contributed by atoms with Crippen molar-refractivity contribution in [2.45, 2.75) is 19.9 Å². The summed E-state index contributed by atoms with van der Waals surface area (Å²) < 4.78 is 12.5. The van der Waals surface area contributed by atoms with Gasteiger partial charge < -0.3 is 14.8 Å². The lowest BCUT2D eigenvalue weighted by Crippen LogP contribution is -2.14. The second-order valence-electron chi connectivity index (χ2n) is 7.48. The van der Waals surface area contributed by atoms with E-state index in [0.717, 1.165) is 5.56 Å². The summed E-state index contributed by atoms with van der Waals surface area (Å²) in [7, 11) is 3.02. The molecule has 0 radical (unpaired) electrons. The van der Waals surface area contributed by atoms with Gasteiger partial charge in [0, 0.05) is 23.7 Å². The second kappa shape index (κ2) is 8.88. The van der Waals surface area contributed by atoms with E-state index in [1.165, 1.54) is 14.2 Å². The van der Waals surface area contributed by atoms with Crippen LogP contribution in [0.15, 0.2) is 54.7 Å². The van der Waals surface area contributed by atoms with Crippen LogP contribution in [0.2, 0.25) is 5.02 Å². The Morgan fingerprint density at radius 2 is 1.78 bits per heavy atom. The molecule has 7 nitrogen and oxygen atoms in total. The van der Waals surface area contributed by atoms with Crippen molar-refractivity contribution in [1.82, 2.24) is 14.8 Å². The highest BCUT2D eigenvalue weighted by Gasteiger charge is 2.20. The van der Waals surface area contributed by atoms with Gasteiger partial charge in [-0.2, -0.15) is 5.10 Å². The molecule has 4 rings (SSSR count). The van der Waals surface area contributed by atoms with Gasteiger partial charge in [-0.05, 0) is 19.9 Å². The van der Waals surface area contributed by atoms with Crippen molar-refractivity contribution in [3.05, 3.63) is 65.3 Å². The quantitative estimate of drug-likeness (QED) is 0.413. The van der Waals surface area contributed by atoms with Crippen molar-refractivity contribution in [2.24, 2.45) is 0 Å². The molecule has 0 aliphatic heterocycles. The van der Waals surface area contributed by atoms with E-state index in [-0.39, 0.29) is 11.9 Å². The molecule has 2 aromatic carbocycles. The average Bonchev–Trinajstić information content (AvgIpc) is 3.24. The molecule has 0 aliphatic rings. The van der Waals surface area contributed by atoms with Crippen LogP contribution in [0.5, 0.6) is 11.5 Å². The van der Waals surface area contributed by atoms with E-state index >= 15 is 0 Å². The minimum Gasteiger partial charge on any atom is -0.495 e. The largest absolute Gasteiger partial charge is 0.495 e. The third kappa shape index (κ3) is 3.99. The van der Waals surface area contributed by atoms with Gasteiger partial charge in [0.25, 0.3) is 5.91 Å². The van der Waals surface area contributed by atoms with Crippen LogP contribution in [0.4, 0.5) is 5.69 Å². The molecule has 8 heteroatoms. The van der Waals surface area contributed by atoms with Crippen LogP contribution in [0.3, 0.4) is 0 Å². The van der Waals surface area contributed by atoms with Gasteiger partial charge in [-0.1, -0.05) is 41.9 Å². The second-order valence-corrected chi connectivity index (χ2v) is 7.89. The van der Waals surface area contributed by atoms with E-state index in [2.05, 4.69) is 10.4 Å². The molecule has 0 saturated heterocycles. The molecular weight excluding hydrogens is 428 g/mol. The summed E-state index contributed by atoms with van der Waals surface area (Å²) in [6, 6.07) is 14.8. The maximum Gasteiger partial charge on any atom is 0.256 e. The van der Waals surface area contributed by atoms with Crippen LogP contribution in [-0.2, 0) is 0 Å². The number of nitrogens with zero attached hydrogens (tertiary/aromatic N) is 3. The van der Waals surface area contributed by atoms with Gasteiger partial charge in [-0.15, -0.1) is 0 Å². The number of rotatable bonds is 6. The van der Waals surface area contributed by atoms with E-state index in [0.29, 0.717) is 44.5 Å². The first-order valence-corrected chi connectivity index (χ1v) is 10.5. The molecule has 0 bridgehead atoms. The number of fused-ring (bicyclic) bond motifs is 1. The van der Waals surface area contributed by atoms with Crippen LogP contribution in [0, 0.1) is 0 Å². The first-order valence-electron chi connectivity index (χ1n) is 10.1. The number of carbonyl (C=O) groups is 1. The fourth-order valence-corrected chi connectivity index (χ4v) is 3.72. The Balaban J connectivity index is 1.84. The topological polar surface area (TPSA) is 78.3 Å². The number of hydrogen-bond donors (Lipinski definition) is 1. The molecule has 0 spiro atoms. The third-order valence-electron chi connectivity index (χ3n) is 5.09. The fourth-order valence-electron chi connectivity index (χ4n) is 3.49. The van der Waals surface area contributed by atoms with Crippen molar-refractivity contribution in [1.29, 1.82) is 0 Å². The summed E-state index contributed by atoms with van der Waals surface area (Å²) in [6.45, 7) is 4.04. The van der Waals surface area contributed by atoms with E-state index in [1.807, 2.05) is 48.9 Å². The Kier molecular flexibility index (Phi) is 6.01. The van der Waals surface area contributed by atoms with Crippen LogP contribution in [-0.4, -0.2) is 34.9 Å². The Morgan fingerprint density at radius 1 is 1.06 bits per heavy atom. The molecular formula is C24H23ClN4O3. The Labute approximate surface area is 190 Å². The number of methoxy groups -OCH3 is 2. The Bertz CT molecular complexity index is 1290. The number of nitrogens with one attached hydrogen (secondary N) is 1. The summed E-state index contributed by atoms with van der Waals surface area (Å²) in [5.74, 6) is 0.538. The van der Waals surface area contributed by atoms with Crippen molar-refractivity contribution >= 4 is 34.2 Å². The molecule has 2 heterocycles. The number of carbonyl (C=O) groups excluding carboxylic acids is 1. The zero-order chi connectivity index (χ0) is 22.8. The summed E-state index contributed by atoms with van der Waals surface area (Å²) in [4.78, 5) is 18.2. The standard InChI is InChI=1S/C24H23ClN4O3/c1-14(2)29-23-17(13-26-29)16(10-19(27-23)15-8-6-5-7-9-15)24(30)28-20-12-21(31-3)18(25)11-22(20)32-4/h5-14H,1-4H3,(H,28,30). The third-order valence-corrected chi connectivity index (χ3v) is 5.39. The lowest BCUT2D eigenvalue weighted by atomic mass is 10.1. The highest BCUT2D eigenvalue weighted by molar-refractivity contribution is 6.32. The van der Waals surface area contributed by atoms with Crippen molar-refractivity contribution in [3.63, 3.8) is 0 Å². The number of hydrogen-bond acceptors (Lipinski definition) is 5. The zero-order valence-electron chi connectivity index (χ0n) is 18.2. The first-order chi connectivity index (χ1) is 15.4. The van der Waals surface area contributed by atoms with Gasteiger partial charge in [-0.3, -0.25) is 4.79 Å². The number of benzene rings is 2. The number of pyridine rings is 1. The summed E-state index contributed by atoms with van der Waals surface area (Å²) in [5.41, 5.74) is 3.14. The van der Waals surface area contributed by atoms with Gasteiger partial charge >= 0.3 is 0 Å². The van der Waals surface area contributed by atoms with E-state index in [1.54, 1.807) is 24.4 Å². The number of aromatic nitrogens is 3. The number of anilines is 1. The molecule has 32 heavy (non-hydrogen) atoms. The molecule has 0 atom stereocenters. The SMILES string of the molecule is COc1cc(NC(=O)c2cc(-c3ccccc3)nc3c2cnn3C(C)C)c(OC)cc1Cl. The molecule has 2 aromatic heterocycles. The van der Waals surface area contributed by atoms with Gasteiger partial charge in [0.1, 0.15) is 11.5 Å².